The quantitative estimate of drug-likeness (QED) is 0.868. The molecule has 0 saturated carbocycles. The molecule has 0 aliphatic heterocycles. The fourth-order valence-electron chi connectivity index (χ4n) is 2.45. The lowest BCUT2D eigenvalue weighted by atomic mass is 10.0. The molecule has 4 heteroatoms. The van der Waals surface area contributed by atoms with Gasteiger partial charge in [-0.2, -0.15) is 0 Å². The van der Waals surface area contributed by atoms with Crippen LogP contribution in [-0.2, 0) is 7.05 Å². The molecule has 104 valence electrons. The Morgan fingerprint density at radius 3 is 2.68 bits per heavy atom. The smallest absolute Gasteiger partial charge is 0.133 e. The Balaban J connectivity index is 2.19. The van der Waals surface area contributed by atoms with Crippen LogP contribution < -0.4 is 5.32 Å². The van der Waals surface area contributed by atoms with Gasteiger partial charge in [-0.3, -0.25) is 5.32 Å². The third-order valence-electron chi connectivity index (χ3n) is 3.22. The van der Waals surface area contributed by atoms with Crippen molar-refractivity contribution >= 4 is 0 Å². The summed E-state index contributed by atoms with van der Waals surface area (Å²) in [5, 5.41) is 3.62. The van der Waals surface area contributed by atoms with Crippen LogP contribution in [0.5, 0.6) is 0 Å². The fraction of sp³-hybridized carbons (Fsp3) is 0.533. The molecule has 1 N–H and O–H groups in total. The molecule has 4 nitrogen and oxygen atoms in total. The van der Waals surface area contributed by atoms with Crippen LogP contribution in [0.25, 0.3) is 0 Å². The normalized spacial score (nSPS) is 14.8. The van der Waals surface area contributed by atoms with Gasteiger partial charge in [0.25, 0.3) is 0 Å². The van der Waals surface area contributed by atoms with Gasteiger partial charge in [0.1, 0.15) is 17.6 Å². The maximum atomic E-state index is 5.56. The molecule has 0 aliphatic carbocycles. The summed E-state index contributed by atoms with van der Waals surface area (Å²) in [5.41, 5.74) is 0. The van der Waals surface area contributed by atoms with Crippen molar-refractivity contribution in [1.82, 2.24) is 14.9 Å². The number of aryl methyl sites for hydroxylation is 1. The predicted octanol–water partition coefficient (Wildman–Crippen LogP) is 3.13. The van der Waals surface area contributed by atoms with Gasteiger partial charge in [0, 0.05) is 25.5 Å². The first-order chi connectivity index (χ1) is 9.08. The van der Waals surface area contributed by atoms with Crippen LogP contribution >= 0.6 is 0 Å². The Hall–Kier alpha value is -1.55. The van der Waals surface area contributed by atoms with Gasteiger partial charge < -0.3 is 8.98 Å². The lowest BCUT2D eigenvalue weighted by Crippen LogP contribution is -2.33. The molecule has 2 unspecified atom stereocenters. The minimum Gasteiger partial charge on any atom is -0.467 e. The summed E-state index contributed by atoms with van der Waals surface area (Å²) in [7, 11) is 2.01. The summed E-state index contributed by atoms with van der Waals surface area (Å²) in [6, 6.07) is 4.32. The summed E-state index contributed by atoms with van der Waals surface area (Å²) in [6.07, 6.45) is 6.61. The Morgan fingerprint density at radius 1 is 1.37 bits per heavy atom. The van der Waals surface area contributed by atoms with Crippen molar-refractivity contribution < 1.29 is 4.42 Å². The molecule has 0 aromatic carbocycles. The molecule has 2 aromatic heterocycles. The van der Waals surface area contributed by atoms with E-state index in [0.29, 0.717) is 12.0 Å². The van der Waals surface area contributed by atoms with Crippen LogP contribution in [0, 0.1) is 5.92 Å². The number of nitrogens with zero attached hydrogens (tertiary/aromatic N) is 2. The largest absolute Gasteiger partial charge is 0.467 e. The van der Waals surface area contributed by atoms with E-state index >= 15 is 0 Å². The summed E-state index contributed by atoms with van der Waals surface area (Å²) in [6.45, 7) is 6.68. The summed E-state index contributed by atoms with van der Waals surface area (Å²) in [5.74, 6) is 2.55. The van der Waals surface area contributed by atoms with Crippen molar-refractivity contribution in [3.8, 4) is 0 Å². The second-order valence-electron chi connectivity index (χ2n) is 5.54. The van der Waals surface area contributed by atoms with Gasteiger partial charge in [-0.15, -0.1) is 0 Å². The van der Waals surface area contributed by atoms with Crippen molar-refractivity contribution in [3.05, 3.63) is 42.4 Å². The highest BCUT2D eigenvalue weighted by atomic mass is 16.3. The Kier molecular flexibility index (Phi) is 4.43. The zero-order valence-electron chi connectivity index (χ0n) is 12.1. The molecule has 0 amide bonds. The van der Waals surface area contributed by atoms with Crippen LogP contribution in [0.1, 0.15) is 44.8 Å². The number of aromatic nitrogens is 2. The van der Waals surface area contributed by atoms with Crippen molar-refractivity contribution in [2.75, 3.05) is 0 Å². The van der Waals surface area contributed by atoms with Gasteiger partial charge in [-0.1, -0.05) is 13.8 Å². The Bertz CT molecular complexity index is 487. The minimum atomic E-state index is 0.00347. The first-order valence-electron chi connectivity index (χ1n) is 6.84. The lowest BCUT2D eigenvalue weighted by Gasteiger charge is -2.22. The first kappa shape index (κ1) is 13.9. The predicted molar refractivity (Wildman–Crippen MR) is 75.8 cm³/mol. The van der Waals surface area contributed by atoms with E-state index in [1.54, 1.807) is 6.26 Å². The molecular formula is C15H23N3O. The molecule has 0 fully saturated rings. The topological polar surface area (TPSA) is 43.0 Å². The average Bonchev–Trinajstić information content (AvgIpc) is 2.96. The highest BCUT2D eigenvalue weighted by Crippen LogP contribution is 2.22. The van der Waals surface area contributed by atoms with E-state index in [1.807, 2.05) is 36.1 Å². The van der Waals surface area contributed by atoms with Crippen molar-refractivity contribution in [3.63, 3.8) is 0 Å². The van der Waals surface area contributed by atoms with E-state index in [0.717, 1.165) is 18.0 Å². The number of furan rings is 1. The van der Waals surface area contributed by atoms with Crippen LogP contribution in [0.2, 0.25) is 0 Å². The van der Waals surface area contributed by atoms with E-state index in [1.165, 1.54) is 0 Å². The van der Waals surface area contributed by atoms with E-state index < -0.39 is 0 Å². The number of rotatable bonds is 6. The molecule has 2 atom stereocenters. The highest BCUT2D eigenvalue weighted by Gasteiger charge is 2.22. The minimum absolute atomic E-state index is 0.00347. The first-order valence-corrected chi connectivity index (χ1v) is 6.84. The zero-order chi connectivity index (χ0) is 13.8. The van der Waals surface area contributed by atoms with Crippen molar-refractivity contribution in [2.24, 2.45) is 13.0 Å². The zero-order valence-corrected chi connectivity index (χ0v) is 12.1. The number of imidazole rings is 1. The van der Waals surface area contributed by atoms with Crippen molar-refractivity contribution in [1.29, 1.82) is 0 Å². The molecule has 2 rings (SSSR count). The van der Waals surface area contributed by atoms with Crippen LogP contribution in [-0.4, -0.2) is 15.6 Å². The Morgan fingerprint density at radius 2 is 2.16 bits per heavy atom. The van der Waals surface area contributed by atoms with Gasteiger partial charge >= 0.3 is 0 Å². The molecule has 2 heterocycles. The third kappa shape index (κ3) is 3.47. The van der Waals surface area contributed by atoms with Crippen LogP contribution in [0.3, 0.4) is 0 Å². The van der Waals surface area contributed by atoms with Crippen molar-refractivity contribution in [2.45, 2.75) is 39.3 Å². The third-order valence-corrected chi connectivity index (χ3v) is 3.22. The monoisotopic (exact) mass is 261 g/mol. The molecule has 19 heavy (non-hydrogen) atoms. The number of hydrogen-bond acceptors (Lipinski definition) is 3. The van der Waals surface area contributed by atoms with Gasteiger partial charge in [0.2, 0.25) is 0 Å². The summed E-state index contributed by atoms with van der Waals surface area (Å²) < 4.78 is 7.59. The molecule has 0 aliphatic rings. The molecule has 2 aromatic rings. The van der Waals surface area contributed by atoms with Crippen LogP contribution in [0.4, 0.5) is 0 Å². The summed E-state index contributed by atoms with van der Waals surface area (Å²) >= 11 is 0. The van der Waals surface area contributed by atoms with E-state index in [-0.39, 0.29) is 6.04 Å². The van der Waals surface area contributed by atoms with E-state index in [2.05, 4.69) is 31.1 Å². The fourth-order valence-corrected chi connectivity index (χ4v) is 2.45. The van der Waals surface area contributed by atoms with E-state index in [4.69, 9.17) is 4.42 Å². The molecule has 0 spiro atoms. The standard InChI is InChI=1S/C15H23N3O/c1-11(2)10-12(3)17-14(13-6-5-9-19-13)15-16-7-8-18(15)4/h5-9,11-12,14,17H,10H2,1-4H3. The number of nitrogens with one attached hydrogen (secondary N) is 1. The van der Waals surface area contributed by atoms with Gasteiger partial charge in [-0.05, 0) is 31.4 Å². The van der Waals surface area contributed by atoms with E-state index in [9.17, 15) is 0 Å². The maximum absolute atomic E-state index is 5.56. The molecule has 0 bridgehead atoms. The average molecular weight is 261 g/mol. The molecule has 0 saturated heterocycles. The van der Waals surface area contributed by atoms with Crippen LogP contribution in [0.15, 0.2) is 35.2 Å². The second-order valence-corrected chi connectivity index (χ2v) is 5.54. The van der Waals surface area contributed by atoms with Gasteiger partial charge in [0.05, 0.1) is 6.26 Å². The number of hydrogen-bond donors (Lipinski definition) is 1. The Labute approximate surface area is 114 Å². The van der Waals surface area contributed by atoms with Gasteiger partial charge in [-0.25, -0.2) is 4.98 Å². The van der Waals surface area contributed by atoms with Gasteiger partial charge in [0.15, 0.2) is 0 Å². The highest BCUT2D eigenvalue weighted by molar-refractivity contribution is 5.16. The SMILES string of the molecule is CC(C)CC(C)NC(c1ccco1)c1nccn1C. The second kappa shape index (κ2) is 6.06. The lowest BCUT2D eigenvalue weighted by molar-refractivity contribution is 0.366. The molecule has 0 radical (unpaired) electrons. The summed E-state index contributed by atoms with van der Waals surface area (Å²) in [4.78, 5) is 4.44. The maximum Gasteiger partial charge on any atom is 0.133 e. The molecular weight excluding hydrogens is 238 g/mol.